The Kier molecular flexibility index (Phi) is 7.20. The van der Waals surface area contributed by atoms with Gasteiger partial charge in [0.2, 0.25) is 15.9 Å². The van der Waals surface area contributed by atoms with Gasteiger partial charge in [0.15, 0.2) is 0 Å². The average Bonchev–Trinajstić information content (AvgIpc) is 2.61. The van der Waals surface area contributed by atoms with Gasteiger partial charge >= 0.3 is 0 Å². The third-order valence-corrected chi connectivity index (χ3v) is 5.75. The van der Waals surface area contributed by atoms with E-state index in [1.807, 2.05) is 0 Å². The molecule has 0 bridgehead atoms. The fourth-order valence-corrected chi connectivity index (χ4v) is 3.86. The molecule has 134 valence electrons. The Balaban J connectivity index is 1.86. The van der Waals surface area contributed by atoms with E-state index in [-0.39, 0.29) is 23.3 Å². The van der Waals surface area contributed by atoms with E-state index in [0.29, 0.717) is 13.2 Å². The summed E-state index contributed by atoms with van der Waals surface area (Å²) in [7, 11) is -2.00. The molecule has 0 heterocycles. The molecule has 0 saturated heterocycles. The van der Waals surface area contributed by atoms with Crippen LogP contribution in [0.2, 0.25) is 0 Å². The van der Waals surface area contributed by atoms with Gasteiger partial charge in [-0.25, -0.2) is 13.1 Å². The van der Waals surface area contributed by atoms with Crippen LogP contribution >= 0.6 is 0 Å². The van der Waals surface area contributed by atoms with Crippen molar-refractivity contribution in [2.45, 2.75) is 43.5 Å². The molecule has 1 fully saturated rings. The van der Waals surface area contributed by atoms with Crippen molar-refractivity contribution in [3.63, 3.8) is 0 Å². The molecule has 1 saturated carbocycles. The second-order valence-electron chi connectivity index (χ2n) is 6.09. The first-order valence-corrected chi connectivity index (χ1v) is 9.86. The van der Waals surface area contributed by atoms with E-state index < -0.39 is 10.0 Å². The fourth-order valence-electron chi connectivity index (χ4n) is 2.85. The summed E-state index contributed by atoms with van der Waals surface area (Å²) in [4.78, 5) is 12.3. The Hall–Kier alpha value is -1.44. The van der Waals surface area contributed by atoms with Crippen LogP contribution < -0.4 is 10.0 Å². The van der Waals surface area contributed by atoms with Crippen molar-refractivity contribution in [2.24, 2.45) is 5.92 Å². The van der Waals surface area contributed by atoms with Crippen LogP contribution in [0, 0.1) is 5.92 Å². The van der Waals surface area contributed by atoms with Crippen molar-refractivity contribution in [3.05, 3.63) is 29.8 Å². The van der Waals surface area contributed by atoms with Crippen molar-refractivity contribution in [3.8, 4) is 0 Å². The van der Waals surface area contributed by atoms with Crippen LogP contribution in [0.25, 0.3) is 0 Å². The molecule has 1 aliphatic carbocycles. The average molecular weight is 354 g/mol. The molecule has 0 radical (unpaired) electrons. The molecular weight excluding hydrogens is 328 g/mol. The lowest BCUT2D eigenvalue weighted by Crippen LogP contribution is -2.31. The number of nitrogens with one attached hydrogen (secondary N) is 2. The van der Waals surface area contributed by atoms with E-state index in [9.17, 15) is 13.2 Å². The lowest BCUT2D eigenvalue weighted by molar-refractivity contribution is -0.126. The Morgan fingerprint density at radius 2 is 1.83 bits per heavy atom. The maximum atomic E-state index is 12.1. The number of sulfonamides is 1. The number of ether oxygens (including phenoxy) is 1. The lowest BCUT2D eigenvalue weighted by atomic mass is 9.88. The van der Waals surface area contributed by atoms with E-state index in [1.54, 1.807) is 24.3 Å². The highest BCUT2D eigenvalue weighted by molar-refractivity contribution is 7.89. The SMILES string of the molecule is COCCNS(=O)(=O)c1ccc(CNC(=O)C2CCCCC2)cc1. The summed E-state index contributed by atoms with van der Waals surface area (Å²) >= 11 is 0. The van der Waals surface area contributed by atoms with E-state index in [2.05, 4.69) is 10.0 Å². The van der Waals surface area contributed by atoms with Crippen molar-refractivity contribution in [1.82, 2.24) is 10.0 Å². The number of hydrogen-bond acceptors (Lipinski definition) is 4. The maximum Gasteiger partial charge on any atom is 0.240 e. The van der Waals surface area contributed by atoms with Crippen molar-refractivity contribution in [1.29, 1.82) is 0 Å². The van der Waals surface area contributed by atoms with Gasteiger partial charge < -0.3 is 10.1 Å². The molecule has 1 aromatic rings. The largest absolute Gasteiger partial charge is 0.383 e. The Morgan fingerprint density at radius 1 is 1.17 bits per heavy atom. The van der Waals surface area contributed by atoms with Crippen molar-refractivity contribution < 1.29 is 17.9 Å². The fraction of sp³-hybridized carbons (Fsp3) is 0.588. The molecule has 0 unspecified atom stereocenters. The second kappa shape index (κ2) is 9.15. The highest BCUT2D eigenvalue weighted by Gasteiger charge is 2.20. The molecule has 0 atom stereocenters. The highest BCUT2D eigenvalue weighted by Crippen LogP contribution is 2.23. The molecule has 1 amide bonds. The molecule has 0 spiro atoms. The Bertz CT molecular complexity index is 622. The second-order valence-corrected chi connectivity index (χ2v) is 7.85. The number of rotatable bonds is 8. The number of hydrogen-bond donors (Lipinski definition) is 2. The van der Waals surface area contributed by atoms with Gasteiger partial charge in [-0.1, -0.05) is 31.4 Å². The summed E-state index contributed by atoms with van der Waals surface area (Å²) in [5.74, 6) is 0.232. The molecular formula is C17H26N2O4S. The number of methoxy groups -OCH3 is 1. The van der Waals surface area contributed by atoms with Crippen LogP contribution in [0.3, 0.4) is 0 Å². The van der Waals surface area contributed by atoms with Gasteiger partial charge in [-0.2, -0.15) is 0 Å². The summed E-state index contributed by atoms with van der Waals surface area (Å²) in [6.07, 6.45) is 5.41. The normalized spacial score (nSPS) is 16.0. The van der Waals surface area contributed by atoms with Gasteiger partial charge in [-0.3, -0.25) is 4.79 Å². The first-order chi connectivity index (χ1) is 11.5. The van der Waals surface area contributed by atoms with Crippen LogP contribution in [0.15, 0.2) is 29.2 Å². The molecule has 7 heteroatoms. The summed E-state index contributed by atoms with van der Waals surface area (Å²) in [6, 6.07) is 6.56. The van der Waals surface area contributed by atoms with Crippen LogP contribution in [-0.2, 0) is 26.1 Å². The molecule has 0 aromatic heterocycles. The Labute approximate surface area is 144 Å². The molecule has 0 aliphatic heterocycles. The zero-order valence-electron chi connectivity index (χ0n) is 14.1. The van der Waals surface area contributed by atoms with Gasteiger partial charge in [0, 0.05) is 26.1 Å². The van der Waals surface area contributed by atoms with E-state index in [4.69, 9.17) is 4.74 Å². The minimum atomic E-state index is -3.52. The van der Waals surface area contributed by atoms with Gasteiger partial charge in [0.1, 0.15) is 0 Å². The topological polar surface area (TPSA) is 84.5 Å². The third kappa shape index (κ3) is 5.58. The van der Waals surface area contributed by atoms with Crippen molar-refractivity contribution >= 4 is 15.9 Å². The molecule has 6 nitrogen and oxygen atoms in total. The van der Waals surface area contributed by atoms with Crippen molar-refractivity contribution in [2.75, 3.05) is 20.3 Å². The van der Waals surface area contributed by atoms with Crippen LogP contribution in [0.5, 0.6) is 0 Å². The van der Waals surface area contributed by atoms with Gasteiger partial charge in [0.25, 0.3) is 0 Å². The van der Waals surface area contributed by atoms with Gasteiger partial charge in [-0.05, 0) is 30.5 Å². The van der Waals surface area contributed by atoms with E-state index in [1.165, 1.54) is 13.5 Å². The molecule has 2 rings (SSSR count). The zero-order valence-corrected chi connectivity index (χ0v) is 14.9. The number of carbonyl (C=O) groups excluding carboxylic acids is 1. The van der Waals surface area contributed by atoms with Gasteiger partial charge in [-0.15, -0.1) is 0 Å². The Morgan fingerprint density at radius 3 is 2.46 bits per heavy atom. The number of carbonyl (C=O) groups is 1. The molecule has 1 aliphatic rings. The zero-order chi connectivity index (χ0) is 17.4. The lowest BCUT2D eigenvalue weighted by Gasteiger charge is -2.20. The molecule has 2 N–H and O–H groups in total. The quantitative estimate of drug-likeness (QED) is 0.697. The van der Waals surface area contributed by atoms with E-state index in [0.717, 1.165) is 31.2 Å². The summed E-state index contributed by atoms with van der Waals surface area (Å²) in [5.41, 5.74) is 0.884. The number of amides is 1. The van der Waals surface area contributed by atoms with Crippen LogP contribution in [-0.4, -0.2) is 34.6 Å². The predicted molar refractivity (Wildman–Crippen MR) is 91.9 cm³/mol. The monoisotopic (exact) mass is 354 g/mol. The van der Waals surface area contributed by atoms with Crippen LogP contribution in [0.1, 0.15) is 37.7 Å². The molecule has 1 aromatic carbocycles. The third-order valence-electron chi connectivity index (χ3n) is 4.27. The summed E-state index contributed by atoms with van der Waals surface area (Å²) in [5, 5.41) is 2.95. The smallest absolute Gasteiger partial charge is 0.240 e. The highest BCUT2D eigenvalue weighted by atomic mass is 32.2. The van der Waals surface area contributed by atoms with E-state index >= 15 is 0 Å². The minimum Gasteiger partial charge on any atom is -0.383 e. The molecule has 24 heavy (non-hydrogen) atoms. The van der Waals surface area contributed by atoms with Gasteiger partial charge in [0.05, 0.1) is 11.5 Å². The summed E-state index contributed by atoms with van der Waals surface area (Å²) in [6.45, 7) is 0.981. The van der Waals surface area contributed by atoms with Crippen LogP contribution in [0.4, 0.5) is 0 Å². The summed E-state index contributed by atoms with van der Waals surface area (Å²) < 4.78 is 31.4. The first-order valence-electron chi connectivity index (χ1n) is 8.38. The maximum absolute atomic E-state index is 12.1. The first kappa shape index (κ1) is 18.9. The number of benzene rings is 1. The minimum absolute atomic E-state index is 0.104. The predicted octanol–water partition coefficient (Wildman–Crippen LogP) is 1.81. The standard InChI is InChI=1S/C17H26N2O4S/c1-23-12-11-19-24(21,22)16-9-7-14(8-10-16)13-18-17(20)15-5-3-2-4-6-15/h7-10,15,19H,2-6,11-13H2,1H3,(H,18,20).